The molecule has 0 spiro atoms. The molecule has 0 aromatic carbocycles. The zero-order valence-corrected chi connectivity index (χ0v) is 9.98. The van der Waals surface area contributed by atoms with Crippen LogP contribution in [0.3, 0.4) is 0 Å². The molecule has 19 heavy (non-hydrogen) atoms. The van der Waals surface area contributed by atoms with E-state index in [4.69, 9.17) is 20.4 Å². The van der Waals surface area contributed by atoms with Crippen LogP contribution in [-0.2, 0) is 19.2 Å². The molecule has 0 aliphatic heterocycles. The fraction of sp³-hybridized carbons (Fsp3) is 0.545. The first-order chi connectivity index (χ1) is 8.72. The number of carboxylic acids is 4. The predicted molar refractivity (Wildman–Crippen MR) is 60.2 cm³/mol. The Hall–Kier alpha value is -2.12. The lowest BCUT2D eigenvalue weighted by Gasteiger charge is -2.20. The smallest absolute Gasteiger partial charge is 0.318 e. The van der Waals surface area contributed by atoms with Gasteiger partial charge >= 0.3 is 23.9 Å². The van der Waals surface area contributed by atoms with Crippen LogP contribution in [0.2, 0.25) is 0 Å². The number of rotatable bonds is 9. The average Bonchev–Trinajstić information content (AvgIpc) is 2.25. The van der Waals surface area contributed by atoms with E-state index in [-0.39, 0.29) is 19.3 Å². The molecule has 0 rings (SSSR count). The van der Waals surface area contributed by atoms with Gasteiger partial charge < -0.3 is 20.4 Å². The lowest BCUT2D eigenvalue weighted by Crippen LogP contribution is -2.32. The van der Waals surface area contributed by atoms with Gasteiger partial charge in [0.15, 0.2) is 11.8 Å². The average molecular weight is 275 g/mol. The Morgan fingerprint density at radius 3 is 1.47 bits per heavy atom. The summed E-state index contributed by atoms with van der Waals surface area (Å²) in [5, 5.41) is 34.9. The van der Waals surface area contributed by atoms with Crippen molar-refractivity contribution in [2.45, 2.75) is 19.3 Å². The first-order valence-corrected chi connectivity index (χ1v) is 5.42. The summed E-state index contributed by atoms with van der Waals surface area (Å²) >= 11 is 0. The van der Waals surface area contributed by atoms with Gasteiger partial charge in [-0.1, -0.05) is 6.92 Å². The van der Waals surface area contributed by atoms with Gasteiger partial charge in [0.25, 0.3) is 0 Å². The van der Waals surface area contributed by atoms with Gasteiger partial charge in [-0.05, 0) is 25.2 Å². The van der Waals surface area contributed by atoms with Crippen LogP contribution in [0.4, 0.5) is 0 Å². The molecule has 8 nitrogen and oxygen atoms in total. The van der Waals surface area contributed by atoms with Crippen LogP contribution >= 0.6 is 0 Å². The van der Waals surface area contributed by atoms with Gasteiger partial charge in [0.1, 0.15) is 0 Å². The van der Waals surface area contributed by atoms with Gasteiger partial charge in [0.05, 0.1) is 0 Å². The molecule has 0 heterocycles. The van der Waals surface area contributed by atoms with E-state index in [1.807, 2.05) is 0 Å². The second-order valence-corrected chi connectivity index (χ2v) is 4.01. The Bertz CT molecular complexity index is 347. The van der Waals surface area contributed by atoms with Gasteiger partial charge in [-0.15, -0.1) is 0 Å². The Morgan fingerprint density at radius 1 is 0.789 bits per heavy atom. The highest BCUT2D eigenvalue weighted by atomic mass is 16.4. The summed E-state index contributed by atoms with van der Waals surface area (Å²) in [5.41, 5.74) is 0. The highest BCUT2D eigenvalue weighted by molar-refractivity contribution is 5.94. The molecule has 0 bridgehead atoms. The van der Waals surface area contributed by atoms with Crippen LogP contribution in [0.5, 0.6) is 0 Å². The van der Waals surface area contributed by atoms with Crippen LogP contribution in [0.15, 0.2) is 0 Å². The summed E-state index contributed by atoms with van der Waals surface area (Å²) in [6.45, 7) is 3.42. The number of carboxylic acid groups (broad SMARTS) is 4. The fourth-order valence-electron chi connectivity index (χ4n) is 1.72. The molecule has 0 aromatic heterocycles. The van der Waals surface area contributed by atoms with Crippen molar-refractivity contribution in [3.63, 3.8) is 0 Å². The maximum atomic E-state index is 10.8. The summed E-state index contributed by atoms with van der Waals surface area (Å²) in [7, 11) is 0. The molecule has 107 valence electrons. The Morgan fingerprint density at radius 2 is 1.21 bits per heavy atom. The molecule has 0 saturated heterocycles. The molecule has 0 fully saturated rings. The highest BCUT2D eigenvalue weighted by Crippen LogP contribution is 2.24. The number of hydrogen-bond donors (Lipinski definition) is 4. The van der Waals surface area contributed by atoms with Gasteiger partial charge in [-0.2, -0.15) is 0 Å². The van der Waals surface area contributed by atoms with E-state index in [1.165, 1.54) is 0 Å². The molecule has 4 N–H and O–H groups in total. The maximum absolute atomic E-state index is 10.8. The van der Waals surface area contributed by atoms with E-state index in [1.54, 1.807) is 0 Å². The van der Waals surface area contributed by atoms with Crippen LogP contribution < -0.4 is 0 Å². The lowest BCUT2D eigenvalue weighted by molar-refractivity contribution is -0.157. The minimum absolute atomic E-state index is 0.0464. The standard InChI is InChI=1S/C11H15O8/c1-2-5(7(10(16)17)11(18)19)3-4-6(8(12)13)9(14)15/h5-7H,1-4H2,(H,12,13)(H,14,15)(H,16,17)(H,18,19). The summed E-state index contributed by atoms with van der Waals surface area (Å²) in [5.74, 6) is -10.5. The lowest BCUT2D eigenvalue weighted by atomic mass is 9.84. The first kappa shape index (κ1) is 16.9. The Kier molecular flexibility index (Phi) is 6.53. The molecule has 8 heteroatoms. The Labute approximate surface area is 108 Å². The van der Waals surface area contributed by atoms with E-state index >= 15 is 0 Å². The molecule has 1 unspecified atom stereocenters. The van der Waals surface area contributed by atoms with Crippen molar-refractivity contribution in [3.8, 4) is 0 Å². The van der Waals surface area contributed by atoms with Crippen molar-refractivity contribution in [1.82, 2.24) is 0 Å². The van der Waals surface area contributed by atoms with E-state index in [0.29, 0.717) is 0 Å². The number of aliphatic carboxylic acids is 4. The molecule has 1 atom stereocenters. The van der Waals surface area contributed by atoms with Crippen LogP contribution in [0.1, 0.15) is 19.3 Å². The van der Waals surface area contributed by atoms with Crippen LogP contribution in [0.25, 0.3) is 0 Å². The minimum atomic E-state index is -1.72. The minimum Gasteiger partial charge on any atom is -0.481 e. The van der Waals surface area contributed by atoms with Crippen molar-refractivity contribution in [3.05, 3.63) is 6.92 Å². The molecule has 0 amide bonds. The summed E-state index contributed by atoms with van der Waals surface area (Å²) in [4.78, 5) is 42.9. The van der Waals surface area contributed by atoms with Crippen molar-refractivity contribution in [2.24, 2.45) is 17.8 Å². The summed E-state index contributed by atoms with van der Waals surface area (Å²) < 4.78 is 0. The second-order valence-electron chi connectivity index (χ2n) is 4.01. The van der Waals surface area contributed by atoms with E-state index in [2.05, 4.69) is 6.92 Å². The zero-order valence-electron chi connectivity index (χ0n) is 9.98. The fourth-order valence-corrected chi connectivity index (χ4v) is 1.72. The van der Waals surface area contributed by atoms with Gasteiger partial charge in [0, 0.05) is 0 Å². The maximum Gasteiger partial charge on any atom is 0.318 e. The highest BCUT2D eigenvalue weighted by Gasteiger charge is 2.35. The van der Waals surface area contributed by atoms with Crippen molar-refractivity contribution in [1.29, 1.82) is 0 Å². The third-order valence-corrected chi connectivity index (χ3v) is 2.80. The normalized spacial score (nSPS) is 12.4. The van der Waals surface area contributed by atoms with Crippen molar-refractivity contribution < 1.29 is 39.6 Å². The van der Waals surface area contributed by atoms with Crippen molar-refractivity contribution >= 4 is 23.9 Å². The number of hydrogen-bond acceptors (Lipinski definition) is 4. The monoisotopic (exact) mass is 275 g/mol. The molecule has 1 radical (unpaired) electrons. The summed E-state index contributed by atoms with van der Waals surface area (Å²) in [6, 6.07) is 0. The summed E-state index contributed by atoms with van der Waals surface area (Å²) in [6.07, 6.45) is -0.548. The third-order valence-electron chi connectivity index (χ3n) is 2.80. The van der Waals surface area contributed by atoms with Crippen molar-refractivity contribution in [2.75, 3.05) is 0 Å². The van der Waals surface area contributed by atoms with Crippen LogP contribution in [0, 0.1) is 24.7 Å². The molecular formula is C11H15O8. The Balaban J connectivity index is 4.81. The van der Waals surface area contributed by atoms with Gasteiger partial charge in [-0.3, -0.25) is 19.2 Å². The molecule has 0 aliphatic carbocycles. The van der Waals surface area contributed by atoms with E-state index < -0.39 is 41.6 Å². The van der Waals surface area contributed by atoms with Gasteiger partial charge in [-0.25, -0.2) is 0 Å². The number of carbonyl (C=O) groups is 4. The zero-order chi connectivity index (χ0) is 15.2. The topological polar surface area (TPSA) is 149 Å². The molecule has 0 aliphatic rings. The predicted octanol–water partition coefficient (Wildman–Crippen LogP) is 0.178. The molecular weight excluding hydrogens is 260 g/mol. The largest absolute Gasteiger partial charge is 0.481 e. The third kappa shape index (κ3) is 4.94. The SMILES string of the molecule is [CH2]CC(CCC(C(=O)O)C(=O)O)C(C(=O)O)C(=O)O. The molecule has 0 saturated carbocycles. The van der Waals surface area contributed by atoms with E-state index in [0.717, 1.165) is 0 Å². The molecule has 0 aromatic rings. The van der Waals surface area contributed by atoms with Gasteiger partial charge in [0.2, 0.25) is 0 Å². The second kappa shape index (κ2) is 7.34. The first-order valence-electron chi connectivity index (χ1n) is 5.42. The quantitative estimate of drug-likeness (QED) is 0.435. The van der Waals surface area contributed by atoms with Crippen LogP contribution in [-0.4, -0.2) is 44.3 Å². The van der Waals surface area contributed by atoms with E-state index in [9.17, 15) is 19.2 Å².